The zero-order chi connectivity index (χ0) is 18.5. The summed E-state index contributed by atoms with van der Waals surface area (Å²) in [6.45, 7) is 5.80. The van der Waals surface area contributed by atoms with E-state index in [0.29, 0.717) is 12.5 Å². The lowest BCUT2D eigenvalue weighted by molar-refractivity contribution is 0.0947. The molecule has 4 rings (SSSR count). The third-order valence-electron chi connectivity index (χ3n) is 5.86. The van der Waals surface area contributed by atoms with Crippen LogP contribution in [0.25, 0.3) is 0 Å². The lowest BCUT2D eigenvalue weighted by atomic mass is 9.91. The maximum Gasteiger partial charge on any atom is 0.251 e. The Balaban J connectivity index is 1.25. The van der Waals surface area contributed by atoms with Crippen LogP contribution in [0, 0.1) is 0 Å². The van der Waals surface area contributed by atoms with Gasteiger partial charge in [-0.15, -0.1) is 0 Å². The average molecular weight is 364 g/mol. The van der Waals surface area contributed by atoms with E-state index < -0.39 is 0 Å². The Morgan fingerprint density at radius 2 is 1.93 bits per heavy atom. The van der Waals surface area contributed by atoms with Gasteiger partial charge in [-0.3, -0.25) is 9.69 Å². The maximum atomic E-state index is 12.4. The van der Waals surface area contributed by atoms with Crippen LogP contribution < -0.4 is 10.6 Å². The van der Waals surface area contributed by atoms with Crippen molar-refractivity contribution >= 4 is 5.91 Å². The van der Waals surface area contributed by atoms with E-state index in [1.807, 2.05) is 12.1 Å². The van der Waals surface area contributed by atoms with Crippen LogP contribution in [-0.4, -0.2) is 43.5 Å². The molecular formula is C23H29N3O. The number of fused-ring (bicyclic) bond motifs is 1. The molecule has 27 heavy (non-hydrogen) atoms. The first-order chi connectivity index (χ1) is 13.3. The lowest BCUT2D eigenvalue weighted by Crippen LogP contribution is -2.37. The minimum absolute atomic E-state index is 0.0285. The van der Waals surface area contributed by atoms with Crippen LogP contribution in [-0.2, 0) is 13.0 Å². The Labute approximate surface area is 162 Å². The quantitative estimate of drug-likeness (QED) is 0.858. The number of carbonyl (C=O) groups is 1. The van der Waals surface area contributed by atoms with Crippen LogP contribution in [0.1, 0.15) is 45.8 Å². The smallest absolute Gasteiger partial charge is 0.251 e. The first kappa shape index (κ1) is 18.2. The summed E-state index contributed by atoms with van der Waals surface area (Å²) in [6.07, 6.45) is 3.56. The van der Waals surface area contributed by atoms with Gasteiger partial charge in [0, 0.05) is 38.3 Å². The van der Waals surface area contributed by atoms with Crippen LogP contribution in [0.3, 0.4) is 0 Å². The van der Waals surface area contributed by atoms with E-state index in [4.69, 9.17) is 0 Å². The monoisotopic (exact) mass is 363 g/mol. The van der Waals surface area contributed by atoms with Gasteiger partial charge in [0.15, 0.2) is 0 Å². The number of nitrogens with zero attached hydrogens (tertiary/aromatic N) is 1. The summed E-state index contributed by atoms with van der Waals surface area (Å²) in [4.78, 5) is 14.8. The van der Waals surface area contributed by atoms with Gasteiger partial charge in [0.1, 0.15) is 0 Å². The van der Waals surface area contributed by atoms with Crippen molar-refractivity contribution in [3.63, 3.8) is 0 Å². The van der Waals surface area contributed by atoms with Crippen molar-refractivity contribution in [3.8, 4) is 0 Å². The van der Waals surface area contributed by atoms with Crippen LogP contribution in [0.4, 0.5) is 0 Å². The first-order valence-electron chi connectivity index (χ1n) is 10.2. The van der Waals surface area contributed by atoms with E-state index in [1.54, 1.807) is 0 Å². The number of benzene rings is 2. The van der Waals surface area contributed by atoms with E-state index >= 15 is 0 Å². The van der Waals surface area contributed by atoms with Crippen molar-refractivity contribution in [2.75, 3.05) is 32.7 Å². The van der Waals surface area contributed by atoms with Gasteiger partial charge in [-0.1, -0.05) is 36.4 Å². The van der Waals surface area contributed by atoms with Gasteiger partial charge in [-0.25, -0.2) is 0 Å². The molecule has 142 valence electrons. The average Bonchev–Trinajstić information content (AvgIpc) is 2.74. The SMILES string of the molecule is O=C(NCCN1CCc2ccccc2C1)c1ccc([C@@H]2CCCNC2)cc1. The number of hydrogen-bond donors (Lipinski definition) is 2. The summed E-state index contributed by atoms with van der Waals surface area (Å²) < 4.78 is 0. The van der Waals surface area contributed by atoms with Crippen molar-refractivity contribution in [2.45, 2.75) is 31.7 Å². The molecule has 2 N–H and O–H groups in total. The van der Waals surface area contributed by atoms with Crippen molar-refractivity contribution in [2.24, 2.45) is 0 Å². The zero-order valence-corrected chi connectivity index (χ0v) is 15.9. The first-order valence-corrected chi connectivity index (χ1v) is 10.2. The molecule has 2 heterocycles. The van der Waals surface area contributed by atoms with E-state index in [-0.39, 0.29) is 5.91 Å². The van der Waals surface area contributed by atoms with Gasteiger partial charge < -0.3 is 10.6 Å². The zero-order valence-electron chi connectivity index (χ0n) is 15.9. The Morgan fingerprint density at radius 3 is 2.70 bits per heavy atom. The highest BCUT2D eigenvalue weighted by Crippen LogP contribution is 2.23. The highest BCUT2D eigenvalue weighted by Gasteiger charge is 2.17. The fourth-order valence-electron chi connectivity index (χ4n) is 4.22. The minimum atomic E-state index is 0.0285. The molecule has 2 aromatic carbocycles. The normalized spacial score (nSPS) is 20.1. The molecule has 0 bridgehead atoms. The third kappa shape index (κ3) is 4.57. The molecule has 0 aromatic heterocycles. The number of rotatable bonds is 5. The molecule has 2 aromatic rings. The molecule has 0 spiro atoms. The molecule has 1 fully saturated rings. The van der Waals surface area contributed by atoms with Crippen molar-refractivity contribution in [1.29, 1.82) is 0 Å². The number of carbonyl (C=O) groups excluding carboxylic acids is 1. The number of nitrogens with one attached hydrogen (secondary N) is 2. The molecule has 0 unspecified atom stereocenters. The molecule has 0 aliphatic carbocycles. The topological polar surface area (TPSA) is 44.4 Å². The summed E-state index contributed by atoms with van der Waals surface area (Å²) in [7, 11) is 0. The summed E-state index contributed by atoms with van der Waals surface area (Å²) in [5, 5.41) is 6.53. The van der Waals surface area contributed by atoms with Gasteiger partial charge in [-0.05, 0) is 60.5 Å². The maximum absolute atomic E-state index is 12.4. The van der Waals surface area contributed by atoms with E-state index in [2.05, 4.69) is 51.9 Å². The Kier molecular flexibility index (Phi) is 5.85. The molecule has 0 radical (unpaired) electrons. The van der Waals surface area contributed by atoms with Gasteiger partial charge in [0.25, 0.3) is 5.91 Å². The minimum Gasteiger partial charge on any atom is -0.351 e. The molecule has 1 amide bonds. The van der Waals surface area contributed by atoms with Crippen molar-refractivity contribution in [1.82, 2.24) is 15.5 Å². The summed E-state index contributed by atoms with van der Waals surface area (Å²) in [6, 6.07) is 16.8. The number of hydrogen-bond acceptors (Lipinski definition) is 3. The predicted molar refractivity (Wildman–Crippen MR) is 109 cm³/mol. The predicted octanol–water partition coefficient (Wildman–Crippen LogP) is 2.94. The molecule has 1 atom stereocenters. The van der Waals surface area contributed by atoms with E-state index in [9.17, 15) is 4.79 Å². The largest absolute Gasteiger partial charge is 0.351 e. The Morgan fingerprint density at radius 1 is 1.11 bits per heavy atom. The molecule has 2 aliphatic rings. The standard InChI is InChI=1S/C23H29N3O/c27-23(20-9-7-19(8-10-20)21-6-3-12-24-16-21)25-13-15-26-14-11-18-4-1-2-5-22(18)17-26/h1-2,4-5,7-10,21,24H,3,6,11-17H2,(H,25,27)/t21-/m1/s1. The van der Waals surface area contributed by atoms with Gasteiger partial charge >= 0.3 is 0 Å². The van der Waals surface area contributed by atoms with Crippen molar-refractivity contribution in [3.05, 3.63) is 70.8 Å². The highest BCUT2D eigenvalue weighted by atomic mass is 16.1. The highest BCUT2D eigenvalue weighted by molar-refractivity contribution is 5.94. The van der Waals surface area contributed by atoms with E-state index in [0.717, 1.165) is 44.7 Å². The van der Waals surface area contributed by atoms with Gasteiger partial charge in [-0.2, -0.15) is 0 Å². The van der Waals surface area contributed by atoms with Gasteiger partial charge in [0.2, 0.25) is 0 Å². The number of amides is 1. The second-order valence-corrected chi connectivity index (χ2v) is 7.72. The number of piperidine rings is 1. The molecule has 1 saturated heterocycles. The van der Waals surface area contributed by atoms with Crippen LogP contribution in [0.2, 0.25) is 0 Å². The molecule has 2 aliphatic heterocycles. The third-order valence-corrected chi connectivity index (χ3v) is 5.86. The van der Waals surface area contributed by atoms with Gasteiger partial charge in [0.05, 0.1) is 0 Å². The summed E-state index contributed by atoms with van der Waals surface area (Å²) >= 11 is 0. The second kappa shape index (κ2) is 8.68. The summed E-state index contributed by atoms with van der Waals surface area (Å²) in [5.74, 6) is 0.610. The van der Waals surface area contributed by atoms with Crippen LogP contribution >= 0.6 is 0 Å². The molecule has 4 heteroatoms. The lowest BCUT2D eigenvalue weighted by Gasteiger charge is -2.28. The fraction of sp³-hybridized carbons (Fsp3) is 0.435. The molecular weight excluding hydrogens is 334 g/mol. The Bertz CT molecular complexity index is 765. The molecule has 0 saturated carbocycles. The molecule has 4 nitrogen and oxygen atoms in total. The summed E-state index contributed by atoms with van der Waals surface area (Å²) in [5.41, 5.74) is 4.98. The second-order valence-electron chi connectivity index (χ2n) is 7.72. The fourth-order valence-corrected chi connectivity index (χ4v) is 4.22. The van der Waals surface area contributed by atoms with E-state index in [1.165, 1.54) is 29.5 Å². The van der Waals surface area contributed by atoms with Crippen LogP contribution in [0.15, 0.2) is 48.5 Å². The van der Waals surface area contributed by atoms with Crippen LogP contribution in [0.5, 0.6) is 0 Å². The Hall–Kier alpha value is -2.17. The van der Waals surface area contributed by atoms with Crippen molar-refractivity contribution < 1.29 is 4.79 Å².